The zero-order chi connectivity index (χ0) is 22.9. The van der Waals surface area contributed by atoms with E-state index in [1.165, 1.54) is 11.1 Å². The van der Waals surface area contributed by atoms with Gasteiger partial charge in [-0.3, -0.25) is 0 Å². The van der Waals surface area contributed by atoms with Gasteiger partial charge in [0.1, 0.15) is 5.75 Å². The fourth-order valence-corrected chi connectivity index (χ4v) is 5.75. The lowest BCUT2D eigenvalue weighted by Crippen LogP contribution is -2.61. The van der Waals surface area contributed by atoms with Crippen molar-refractivity contribution < 1.29 is 19.2 Å². The Bertz CT molecular complexity index is 1040. The summed E-state index contributed by atoms with van der Waals surface area (Å²) in [5.74, 6) is 1.03. The van der Waals surface area contributed by atoms with Gasteiger partial charge in [-0.15, -0.1) is 10.2 Å². The van der Waals surface area contributed by atoms with Gasteiger partial charge in [0.25, 0.3) is 0 Å². The van der Waals surface area contributed by atoms with E-state index >= 15 is 0 Å². The Kier molecular flexibility index (Phi) is 6.72. The van der Waals surface area contributed by atoms with Gasteiger partial charge in [0.15, 0.2) is 6.79 Å². The zero-order valence-corrected chi connectivity index (χ0v) is 19.8. The van der Waals surface area contributed by atoms with E-state index in [1.54, 1.807) is 13.2 Å². The summed E-state index contributed by atoms with van der Waals surface area (Å²) in [5, 5.41) is 20.2. The number of methoxy groups -OCH3 is 1. The normalized spacial score (nSPS) is 24.7. The molecule has 33 heavy (non-hydrogen) atoms. The maximum atomic E-state index is 10.3. The van der Waals surface area contributed by atoms with E-state index in [9.17, 15) is 5.02 Å². The van der Waals surface area contributed by atoms with Gasteiger partial charge in [-0.2, -0.15) is 0 Å². The minimum atomic E-state index is -0.450. The molecule has 5 rings (SSSR count). The van der Waals surface area contributed by atoms with E-state index in [4.69, 9.17) is 30.9 Å². The summed E-state index contributed by atoms with van der Waals surface area (Å²) in [7, 11) is 1.14. The van der Waals surface area contributed by atoms with Crippen molar-refractivity contribution in [2.24, 2.45) is 5.92 Å². The molecule has 3 aliphatic rings. The summed E-state index contributed by atoms with van der Waals surface area (Å²) in [4.78, 5) is 2.22. The molecule has 9 heteroatoms. The molecule has 2 fully saturated rings. The lowest BCUT2D eigenvalue weighted by atomic mass is 9.70. The van der Waals surface area contributed by atoms with Gasteiger partial charge in [-0.1, -0.05) is 17.7 Å². The van der Waals surface area contributed by atoms with Crippen molar-refractivity contribution in [2.45, 2.75) is 44.6 Å². The van der Waals surface area contributed by atoms with Crippen molar-refractivity contribution in [2.75, 3.05) is 27.1 Å². The van der Waals surface area contributed by atoms with Crippen LogP contribution in [0.5, 0.6) is 5.75 Å². The van der Waals surface area contributed by atoms with Crippen LogP contribution in [0.25, 0.3) is 16.8 Å². The quantitative estimate of drug-likeness (QED) is 0.510. The number of hydrogen-bond acceptors (Lipinski definition) is 7. The number of aryl methyl sites for hydroxylation is 1. The maximum Gasteiger partial charge on any atom is 0.377 e. The first-order valence-electron chi connectivity index (χ1n) is 11.6. The molecule has 2 saturated heterocycles. The number of rotatable bonds is 6. The molecule has 3 atom stereocenters. The predicted octanol–water partition coefficient (Wildman–Crippen LogP) is 3.70. The molecule has 0 saturated carbocycles. The molecule has 0 radical (unpaired) electrons. The number of allylic oxidation sites excluding steroid dienone is 2. The molecule has 1 N–H and O–H groups in total. The number of benzene rings is 1. The van der Waals surface area contributed by atoms with Crippen LogP contribution < -0.4 is 4.74 Å². The highest BCUT2D eigenvalue weighted by atomic mass is 35.5. The molecule has 1 aromatic heterocycles. The van der Waals surface area contributed by atoms with Crippen LogP contribution in [0.2, 0.25) is 11.8 Å². The Morgan fingerprint density at radius 2 is 2.00 bits per heavy atom. The molecule has 2 unspecified atom stereocenters. The topological polar surface area (TPSA) is 76.9 Å². The van der Waals surface area contributed by atoms with Gasteiger partial charge in [0.05, 0.1) is 24.6 Å². The van der Waals surface area contributed by atoms with Crippen molar-refractivity contribution >= 4 is 24.2 Å². The highest BCUT2D eigenvalue weighted by Crippen LogP contribution is 2.42. The van der Waals surface area contributed by atoms with E-state index < -0.39 is 7.05 Å². The van der Waals surface area contributed by atoms with E-state index in [2.05, 4.69) is 22.1 Å². The average molecular weight is 470 g/mol. The minimum absolute atomic E-state index is 0.135. The monoisotopic (exact) mass is 469 g/mol. The number of nitrogens with zero attached hydrogens (tertiary/aromatic N) is 3. The Balaban J connectivity index is 1.43. The third-order valence-electron chi connectivity index (χ3n) is 6.92. The first-order valence-corrected chi connectivity index (χ1v) is 11.9. The van der Waals surface area contributed by atoms with Gasteiger partial charge in [-0.05, 0) is 73.8 Å². The summed E-state index contributed by atoms with van der Waals surface area (Å²) in [6, 6.07) is 8.12. The fourth-order valence-electron chi connectivity index (χ4n) is 5.59. The number of aromatic nitrogens is 2. The minimum Gasteiger partial charge on any atom is -0.467 e. The second-order valence-electron chi connectivity index (χ2n) is 9.09. The highest BCUT2D eigenvalue weighted by molar-refractivity contribution is 6.45. The summed E-state index contributed by atoms with van der Waals surface area (Å²) in [6.45, 7) is 3.33. The van der Waals surface area contributed by atoms with Crippen LogP contribution >= 0.6 is 11.6 Å². The Morgan fingerprint density at radius 1 is 1.21 bits per heavy atom. The van der Waals surface area contributed by atoms with Crippen LogP contribution in [0.1, 0.15) is 30.5 Å². The first kappa shape index (κ1) is 22.8. The maximum absolute atomic E-state index is 10.3. The molecule has 1 aliphatic carbocycles. The van der Waals surface area contributed by atoms with E-state index in [0.717, 1.165) is 42.6 Å². The van der Waals surface area contributed by atoms with E-state index in [0.29, 0.717) is 29.9 Å². The summed E-state index contributed by atoms with van der Waals surface area (Å²) >= 11 is 6.18. The molecular weight excluding hydrogens is 441 g/mol. The van der Waals surface area contributed by atoms with Gasteiger partial charge < -0.3 is 24.0 Å². The van der Waals surface area contributed by atoms with E-state index in [1.807, 2.05) is 19.0 Å². The van der Waals surface area contributed by atoms with Crippen LogP contribution in [-0.2, 0) is 15.9 Å². The number of piperidine rings is 1. The van der Waals surface area contributed by atoms with Gasteiger partial charge >= 0.3 is 7.05 Å². The Hall–Kier alpha value is -1.97. The summed E-state index contributed by atoms with van der Waals surface area (Å²) in [6.07, 6.45) is 6.19. The highest BCUT2D eigenvalue weighted by Gasteiger charge is 2.43. The largest absolute Gasteiger partial charge is 0.467 e. The molecule has 0 amide bonds. The third-order valence-corrected chi connectivity index (χ3v) is 7.16. The predicted molar refractivity (Wildman–Crippen MR) is 128 cm³/mol. The van der Waals surface area contributed by atoms with Gasteiger partial charge in [-0.25, -0.2) is 0 Å². The molecule has 2 aliphatic heterocycles. The number of halogens is 1. The van der Waals surface area contributed by atoms with Crippen LogP contribution in [0.3, 0.4) is 0 Å². The van der Waals surface area contributed by atoms with E-state index in [-0.39, 0.29) is 18.9 Å². The van der Waals surface area contributed by atoms with Crippen molar-refractivity contribution in [3.05, 3.63) is 46.6 Å². The van der Waals surface area contributed by atoms with Crippen molar-refractivity contribution in [1.82, 2.24) is 15.0 Å². The standard InChI is InChI=1S/C24H29BClN3O4/c1-25(30)29-18-8-16(9-19(29)13-32-12-18)20-5-3-4-15-10-22(27-28-24(15)20)21-7-6-17(26)11-23(21)33-14-31-2/h5-7,10-11,16,18-19,30H,3-4,8-9,12-14H2,1-2H3/t16?,18-,19?/m1/s1. The first-order chi connectivity index (χ1) is 16.0. The summed E-state index contributed by atoms with van der Waals surface area (Å²) in [5.41, 5.74) is 5.13. The lowest BCUT2D eigenvalue weighted by molar-refractivity contribution is -0.0472. The number of morpholine rings is 1. The van der Waals surface area contributed by atoms with Crippen molar-refractivity contribution in [3.63, 3.8) is 0 Å². The van der Waals surface area contributed by atoms with Crippen LogP contribution in [0, 0.1) is 5.92 Å². The number of ether oxygens (including phenoxy) is 3. The molecule has 3 heterocycles. The number of fused-ring (bicyclic) bond motifs is 3. The SMILES string of the molecule is COCOc1cc(Cl)ccc1-c1cc2c(nn1)C(C1CC3COC[C@@H](C1)N3B(C)O)=CCC2. The fraction of sp³-hybridized carbons (Fsp3) is 0.500. The smallest absolute Gasteiger partial charge is 0.377 e. The van der Waals surface area contributed by atoms with Crippen LogP contribution in [-0.4, -0.2) is 66.3 Å². The van der Waals surface area contributed by atoms with Crippen LogP contribution in [0.4, 0.5) is 0 Å². The second kappa shape index (κ2) is 9.72. The van der Waals surface area contributed by atoms with Crippen molar-refractivity contribution in [3.8, 4) is 17.0 Å². The molecule has 174 valence electrons. The number of hydrogen-bond donors (Lipinski definition) is 1. The Labute approximate surface area is 199 Å². The molecule has 0 spiro atoms. The average Bonchev–Trinajstić information content (AvgIpc) is 2.81. The van der Waals surface area contributed by atoms with Gasteiger partial charge in [0.2, 0.25) is 0 Å². The van der Waals surface area contributed by atoms with Crippen LogP contribution in [0.15, 0.2) is 30.3 Å². The molecule has 7 nitrogen and oxygen atoms in total. The van der Waals surface area contributed by atoms with Crippen molar-refractivity contribution in [1.29, 1.82) is 0 Å². The zero-order valence-electron chi connectivity index (χ0n) is 19.0. The molecular formula is C24H29BClN3O4. The lowest BCUT2D eigenvalue weighted by Gasteiger charge is -2.50. The Morgan fingerprint density at radius 3 is 2.73 bits per heavy atom. The second-order valence-corrected chi connectivity index (χ2v) is 9.52. The molecule has 2 bridgehead atoms. The van der Waals surface area contributed by atoms with Gasteiger partial charge in [0, 0.05) is 29.8 Å². The summed E-state index contributed by atoms with van der Waals surface area (Å²) < 4.78 is 16.6. The molecule has 1 aromatic carbocycles. The molecule has 2 aromatic rings. The third kappa shape index (κ3) is 4.55.